The van der Waals surface area contributed by atoms with Gasteiger partial charge in [-0.2, -0.15) is 0 Å². The first kappa shape index (κ1) is 25.1. The summed E-state index contributed by atoms with van der Waals surface area (Å²) >= 11 is 0. The molecule has 0 spiro atoms. The van der Waals surface area contributed by atoms with Crippen molar-refractivity contribution < 1.29 is 9.22 Å². The number of carbonyl (C=O) groups is 1. The van der Waals surface area contributed by atoms with Crippen molar-refractivity contribution in [2.24, 2.45) is 0 Å². The van der Waals surface area contributed by atoms with Crippen molar-refractivity contribution in [2.45, 2.75) is 63.3 Å². The average molecular weight is 459 g/mol. The zero-order chi connectivity index (χ0) is 23.4. The van der Waals surface area contributed by atoms with Crippen LogP contribution in [0, 0.1) is 0 Å². The maximum Gasteiger partial charge on any atom is 0.168 e. The van der Waals surface area contributed by atoms with Crippen LogP contribution in [0.15, 0.2) is 84.9 Å². The lowest BCUT2D eigenvalue weighted by molar-refractivity contribution is -0.107. The Balaban J connectivity index is 1.47. The van der Waals surface area contributed by atoms with E-state index in [0.29, 0.717) is 12.3 Å². The van der Waals surface area contributed by atoms with Crippen molar-refractivity contribution in [2.75, 3.05) is 6.61 Å². The molecule has 0 aliphatic carbocycles. The summed E-state index contributed by atoms with van der Waals surface area (Å²) in [5.41, 5.74) is 5.46. The van der Waals surface area contributed by atoms with Gasteiger partial charge in [-0.15, -0.1) is 0 Å². The molecule has 0 bridgehead atoms. The van der Waals surface area contributed by atoms with Gasteiger partial charge in [-0.05, 0) is 53.0 Å². The van der Waals surface area contributed by atoms with Crippen molar-refractivity contribution in [1.82, 2.24) is 0 Å². The van der Waals surface area contributed by atoms with Gasteiger partial charge >= 0.3 is 0 Å². The van der Waals surface area contributed by atoms with E-state index in [-0.39, 0.29) is 5.04 Å². The van der Waals surface area contributed by atoms with Gasteiger partial charge in [-0.25, -0.2) is 0 Å². The summed E-state index contributed by atoms with van der Waals surface area (Å²) in [6.45, 7) is 5.61. The minimum atomic E-state index is -0.730. The third-order valence-corrected chi connectivity index (χ3v) is 8.05. The maximum atomic E-state index is 10.7. The summed E-state index contributed by atoms with van der Waals surface area (Å²) in [5, 5.41) is 0.125. The van der Waals surface area contributed by atoms with Gasteiger partial charge < -0.3 is 9.22 Å². The lowest BCUT2D eigenvalue weighted by Gasteiger charge is -2.34. The molecule has 174 valence electrons. The van der Waals surface area contributed by atoms with Crippen molar-refractivity contribution >= 4 is 16.0 Å². The van der Waals surface area contributed by atoms with Gasteiger partial charge in [0.2, 0.25) is 0 Å². The Morgan fingerprint density at radius 3 is 1.88 bits per heavy atom. The van der Waals surface area contributed by atoms with Crippen LogP contribution in [0.25, 0.3) is 0 Å². The molecule has 3 aromatic carbocycles. The minimum Gasteiger partial charge on any atom is -0.423 e. The van der Waals surface area contributed by atoms with Gasteiger partial charge in [0.05, 0.1) is 0 Å². The lowest BCUT2D eigenvalue weighted by atomic mass is 9.82. The molecular weight excluding hydrogens is 420 g/mol. The van der Waals surface area contributed by atoms with Crippen LogP contribution in [-0.4, -0.2) is 22.7 Å². The van der Waals surface area contributed by atoms with E-state index < -0.39 is 9.76 Å². The molecule has 33 heavy (non-hydrogen) atoms. The molecule has 0 saturated carbocycles. The highest BCUT2D eigenvalue weighted by Crippen LogP contribution is 2.45. The van der Waals surface area contributed by atoms with Gasteiger partial charge in [0.1, 0.15) is 6.29 Å². The molecule has 2 nitrogen and oxygen atoms in total. The van der Waals surface area contributed by atoms with Gasteiger partial charge in [-0.3, -0.25) is 0 Å². The van der Waals surface area contributed by atoms with Crippen LogP contribution in [0.1, 0.15) is 67.7 Å². The molecule has 0 unspecified atom stereocenters. The van der Waals surface area contributed by atoms with Crippen LogP contribution in [0.3, 0.4) is 0 Å². The number of aryl methyl sites for hydroxylation is 2. The number of aldehydes is 1. The van der Waals surface area contributed by atoms with Crippen molar-refractivity contribution in [3.8, 4) is 0 Å². The quantitative estimate of drug-likeness (QED) is 0.153. The number of carbonyl (C=O) groups excluding carboxylic acids is 1. The highest BCUT2D eigenvalue weighted by Gasteiger charge is 2.33. The summed E-state index contributed by atoms with van der Waals surface area (Å²) < 4.78 is 6.35. The molecule has 0 saturated heterocycles. The fourth-order valence-corrected chi connectivity index (χ4v) is 6.27. The van der Waals surface area contributed by atoms with E-state index in [1.807, 2.05) is 0 Å². The van der Waals surface area contributed by atoms with E-state index in [4.69, 9.17) is 4.43 Å². The van der Waals surface area contributed by atoms with Crippen molar-refractivity contribution in [1.29, 1.82) is 0 Å². The Morgan fingerprint density at radius 1 is 0.758 bits per heavy atom. The smallest absolute Gasteiger partial charge is 0.168 e. The number of unbranched alkanes of at least 4 members (excludes halogenated alkanes) is 2. The van der Waals surface area contributed by atoms with E-state index in [1.165, 1.54) is 35.1 Å². The molecule has 0 atom stereocenters. The third kappa shape index (κ3) is 7.80. The number of rotatable bonds is 14. The zero-order valence-corrected chi connectivity index (χ0v) is 21.6. The summed E-state index contributed by atoms with van der Waals surface area (Å²) in [7, 11) is -0.730. The first-order valence-electron chi connectivity index (χ1n) is 12.3. The van der Waals surface area contributed by atoms with Gasteiger partial charge in [0, 0.05) is 18.9 Å². The molecular formula is C30H38O2Si. The minimum absolute atomic E-state index is 0.125. The molecule has 0 fully saturated rings. The number of hydrogen-bond acceptors (Lipinski definition) is 2. The average Bonchev–Trinajstić information content (AvgIpc) is 2.84. The SMILES string of the molecule is CC(C)([SiH2]OCCCCCc1ccccc1CCC=O)C(c1ccccc1)c1ccccc1. The highest BCUT2D eigenvalue weighted by molar-refractivity contribution is 6.32. The highest BCUT2D eigenvalue weighted by atomic mass is 28.2. The van der Waals surface area contributed by atoms with Crippen LogP contribution in [-0.2, 0) is 22.1 Å². The molecule has 3 heteroatoms. The predicted octanol–water partition coefficient (Wildman–Crippen LogP) is 6.66. The monoisotopic (exact) mass is 458 g/mol. The third-order valence-electron chi connectivity index (χ3n) is 6.41. The lowest BCUT2D eigenvalue weighted by Crippen LogP contribution is -2.25. The van der Waals surface area contributed by atoms with Crippen LogP contribution in [0.2, 0.25) is 5.04 Å². The Morgan fingerprint density at radius 2 is 1.30 bits per heavy atom. The van der Waals surface area contributed by atoms with Crippen LogP contribution >= 0.6 is 0 Å². The second-order valence-electron chi connectivity index (χ2n) is 9.58. The zero-order valence-electron chi connectivity index (χ0n) is 20.2. The van der Waals surface area contributed by atoms with Gasteiger partial charge in [0.25, 0.3) is 0 Å². The molecule has 0 radical (unpaired) electrons. The van der Waals surface area contributed by atoms with Crippen molar-refractivity contribution in [3.05, 3.63) is 107 Å². The van der Waals surface area contributed by atoms with E-state index >= 15 is 0 Å². The normalized spacial score (nSPS) is 12.0. The fourth-order valence-electron chi connectivity index (χ4n) is 4.76. The van der Waals surface area contributed by atoms with Crippen molar-refractivity contribution in [3.63, 3.8) is 0 Å². The molecule has 0 N–H and O–H groups in total. The first-order chi connectivity index (χ1) is 16.1. The molecule has 0 heterocycles. The Labute approximate surface area is 202 Å². The molecule has 0 aromatic heterocycles. The van der Waals surface area contributed by atoms with Gasteiger partial charge in [0.15, 0.2) is 9.76 Å². The second kappa shape index (κ2) is 13.3. The van der Waals surface area contributed by atoms with E-state index in [1.54, 1.807) is 0 Å². The maximum absolute atomic E-state index is 10.7. The van der Waals surface area contributed by atoms with E-state index in [9.17, 15) is 4.79 Å². The summed E-state index contributed by atoms with van der Waals surface area (Å²) in [5.74, 6) is 0.356. The first-order valence-corrected chi connectivity index (χ1v) is 13.6. The molecule has 0 amide bonds. The largest absolute Gasteiger partial charge is 0.423 e. The van der Waals surface area contributed by atoms with Crippen LogP contribution in [0.4, 0.5) is 0 Å². The summed E-state index contributed by atoms with van der Waals surface area (Å²) in [6.07, 6.45) is 7.02. The summed E-state index contributed by atoms with van der Waals surface area (Å²) in [6, 6.07) is 30.3. The number of hydrogen-bond donors (Lipinski definition) is 0. The number of benzene rings is 3. The second-order valence-corrected chi connectivity index (χ2v) is 12.1. The Kier molecular flexibility index (Phi) is 10.1. The topological polar surface area (TPSA) is 26.3 Å². The molecule has 0 aliphatic rings. The van der Waals surface area contributed by atoms with Crippen LogP contribution in [0.5, 0.6) is 0 Å². The fraction of sp³-hybridized carbons (Fsp3) is 0.367. The predicted molar refractivity (Wildman–Crippen MR) is 142 cm³/mol. The van der Waals surface area contributed by atoms with Gasteiger partial charge in [-0.1, -0.05) is 105 Å². The standard InChI is InChI=1S/C30H38O2Si/c1-30(2,29(27-18-6-3-7-19-27)28-20-8-4-9-21-28)33-32-24-13-5-10-15-25-16-11-12-17-26(25)22-14-23-31/h3-4,6-9,11-12,16-21,23,29H,5,10,13-15,22,24,33H2,1-2H3. The van der Waals surface area contributed by atoms with Crippen LogP contribution < -0.4 is 0 Å². The summed E-state index contributed by atoms with van der Waals surface area (Å²) in [4.78, 5) is 10.7. The van der Waals surface area contributed by atoms with E-state index in [2.05, 4.69) is 98.8 Å². The Bertz CT molecular complexity index is 914. The molecule has 3 rings (SSSR count). The Hall–Kier alpha value is -2.49. The molecule has 0 aliphatic heterocycles. The van der Waals surface area contributed by atoms with E-state index in [0.717, 1.165) is 32.2 Å². The molecule has 3 aromatic rings.